The van der Waals surface area contributed by atoms with E-state index < -0.39 is 0 Å². The SMILES string of the molecule is C=CC=CC(C)/C(C)=C(/C=C\N=C)CC. The zero-order chi connectivity index (χ0) is 11.7. The highest BCUT2D eigenvalue weighted by molar-refractivity contribution is 5.31. The molecule has 0 aliphatic heterocycles. The van der Waals surface area contributed by atoms with Crippen molar-refractivity contribution in [3.63, 3.8) is 0 Å². The summed E-state index contributed by atoms with van der Waals surface area (Å²) in [5, 5.41) is 0. The standard InChI is InChI=1S/C14H21N/c1-6-8-9-12(3)13(4)14(7-2)10-11-15-5/h6,8-12H,1,5,7H2,2-4H3/b9-8?,11-10-,14-13+. The monoisotopic (exact) mass is 203 g/mol. The van der Waals surface area contributed by atoms with Gasteiger partial charge in [-0.05, 0) is 37.6 Å². The van der Waals surface area contributed by atoms with Crippen molar-refractivity contribution in [2.45, 2.75) is 27.2 Å². The van der Waals surface area contributed by atoms with Gasteiger partial charge in [-0.3, -0.25) is 4.99 Å². The predicted octanol–water partition coefficient (Wildman–Crippen LogP) is 4.31. The Hall–Kier alpha value is -1.37. The lowest BCUT2D eigenvalue weighted by molar-refractivity contribution is 0.838. The molecule has 1 heteroatoms. The summed E-state index contributed by atoms with van der Waals surface area (Å²) in [6.07, 6.45) is 10.7. The van der Waals surface area contributed by atoms with Gasteiger partial charge in [0.1, 0.15) is 0 Å². The van der Waals surface area contributed by atoms with E-state index in [4.69, 9.17) is 0 Å². The quantitative estimate of drug-likeness (QED) is 0.450. The fraction of sp³-hybridized carbons (Fsp3) is 0.357. The fourth-order valence-electron chi connectivity index (χ4n) is 1.35. The van der Waals surface area contributed by atoms with Crippen LogP contribution in [-0.4, -0.2) is 6.72 Å². The van der Waals surface area contributed by atoms with Gasteiger partial charge in [0.2, 0.25) is 0 Å². The van der Waals surface area contributed by atoms with Crippen molar-refractivity contribution < 1.29 is 0 Å². The molecule has 0 fully saturated rings. The Morgan fingerprint density at radius 2 is 2.13 bits per heavy atom. The Bertz CT molecular complexity index is 292. The molecule has 82 valence electrons. The van der Waals surface area contributed by atoms with Crippen LogP contribution < -0.4 is 0 Å². The van der Waals surface area contributed by atoms with Gasteiger partial charge in [0, 0.05) is 6.20 Å². The molecule has 0 aromatic rings. The van der Waals surface area contributed by atoms with Crippen LogP contribution in [0.2, 0.25) is 0 Å². The minimum Gasteiger partial charge on any atom is -0.273 e. The third-order valence-corrected chi connectivity index (χ3v) is 2.49. The smallest absolute Gasteiger partial charge is 0.0263 e. The fourth-order valence-corrected chi connectivity index (χ4v) is 1.35. The van der Waals surface area contributed by atoms with E-state index in [-0.39, 0.29) is 0 Å². The van der Waals surface area contributed by atoms with E-state index >= 15 is 0 Å². The van der Waals surface area contributed by atoms with Gasteiger partial charge in [-0.25, -0.2) is 0 Å². The molecule has 0 saturated heterocycles. The Labute approximate surface area is 93.6 Å². The van der Waals surface area contributed by atoms with Gasteiger partial charge in [-0.15, -0.1) is 0 Å². The first-order valence-electron chi connectivity index (χ1n) is 5.28. The molecular formula is C14H21N. The second-order valence-electron chi connectivity index (χ2n) is 3.47. The van der Waals surface area contributed by atoms with Crippen LogP contribution in [0, 0.1) is 5.92 Å². The van der Waals surface area contributed by atoms with E-state index in [0.717, 1.165) is 6.42 Å². The van der Waals surface area contributed by atoms with Crippen LogP contribution in [0.5, 0.6) is 0 Å². The van der Waals surface area contributed by atoms with Gasteiger partial charge in [0.15, 0.2) is 0 Å². The maximum Gasteiger partial charge on any atom is 0.0263 e. The number of hydrogen-bond acceptors (Lipinski definition) is 1. The van der Waals surface area contributed by atoms with E-state index in [2.05, 4.69) is 45.1 Å². The number of nitrogens with zero attached hydrogens (tertiary/aromatic N) is 1. The minimum absolute atomic E-state index is 0.437. The normalized spacial score (nSPS) is 15.4. The number of allylic oxidation sites excluding steroid dienone is 6. The molecule has 0 aliphatic rings. The van der Waals surface area contributed by atoms with Crippen LogP contribution in [-0.2, 0) is 0 Å². The topological polar surface area (TPSA) is 12.4 Å². The lowest BCUT2D eigenvalue weighted by atomic mass is 9.95. The molecule has 1 atom stereocenters. The van der Waals surface area contributed by atoms with Gasteiger partial charge in [-0.1, -0.05) is 44.2 Å². The van der Waals surface area contributed by atoms with Crippen molar-refractivity contribution in [1.82, 2.24) is 0 Å². The van der Waals surface area contributed by atoms with Crippen molar-refractivity contribution in [2.75, 3.05) is 0 Å². The molecule has 1 nitrogen and oxygen atoms in total. The summed E-state index contributed by atoms with van der Waals surface area (Å²) in [6.45, 7) is 13.6. The first-order valence-corrected chi connectivity index (χ1v) is 5.28. The number of hydrogen-bond donors (Lipinski definition) is 0. The average Bonchev–Trinajstić information content (AvgIpc) is 2.26. The second-order valence-corrected chi connectivity index (χ2v) is 3.47. The first-order chi connectivity index (χ1) is 7.17. The van der Waals surface area contributed by atoms with Crippen molar-refractivity contribution >= 4 is 6.72 Å². The third kappa shape index (κ3) is 5.16. The molecule has 0 N–H and O–H groups in total. The highest BCUT2D eigenvalue weighted by Gasteiger charge is 2.03. The molecule has 0 aromatic carbocycles. The molecule has 15 heavy (non-hydrogen) atoms. The zero-order valence-corrected chi connectivity index (χ0v) is 10.0. The zero-order valence-electron chi connectivity index (χ0n) is 10.0. The summed E-state index contributed by atoms with van der Waals surface area (Å²) >= 11 is 0. The van der Waals surface area contributed by atoms with Crippen molar-refractivity contribution in [2.24, 2.45) is 10.9 Å². The second kappa shape index (κ2) is 7.98. The molecule has 0 aliphatic carbocycles. The van der Waals surface area contributed by atoms with E-state index in [1.807, 2.05) is 12.2 Å². The highest BCUT2D eigenvalue weighted by atomic mass is 14.6. The number of rotatable bonds is 6. The van der Waals surface area contributed by atoms with Crippen molar-refractivity contribution in [3.05, 3.63) is 48.2 Å². The van der Waals surface area contributed by atoms with E-state index in [1.54, 1.807) is 12.3 Å². The summed E-state index contributed by atoms with van der Waals surface area (Å²) in [7, 11) is 0. The van der Waals surface area contributed by atoms with E-state index in [0.29, 0.717) is 5.92 Å². The van der Waals surface area contributed by atoms with Crippen LogP contribution in [0.1, 0.15) is 27.2 Å². The molecule has 0 saturated carbocycles. The van der Waals surface area contributed by atoms with Gasteiger partial charge >= 0.3 is 0 Å². The Balaban J connectivity index is 4.83. The molecule has 0 bridgehead atoms. The molecule has 1 unspecified atom stereocenters. The Morgan fingerprint density at radius 3 is 2.60 bits per heavy atom. The Morgan fingerprint density at radius 1 is 1.47 bits per heavy atom. The molecule has 0 rings (SSSR count). The van der Waals surface area contributed by atoms with Gasteiger partial charge in [0.05, 0.1) is 0 Å². The van der Waals surface area contributed by atoms with E-state index in [1.165, 1.54) is 11.1 Å². The summed E-state index contributed by atoms with van der Waals surface area (Å²) in [6, 6.07) is 0. The Kier molecular flexibility index (Phi) is 7.25. The van der Waals surface area contributed by atoms with Gasteiger partial charge < -0.3 is 0 Å². The van der Waals surface area contributed by atoms with Crippen LogP contribution in [0.3, 0.4) is 0 Å². The molecular weight excluding hydrogens is 182 g/mol. The van der Waals surface area contributed by atoms with Crippen molar-refractivity contribution in [3.8, 4) is 0 Å². The maximum absolute atomic E-state index is 3.73. The summed E-state index contributed by atoms with van der Waals surface area (Å²) in [4.78, 5) is 3.73. The average molecular weight is 203 g/mol. The summed E-state index contributed by atoms with van der Waals surface area (Å²) < 4.78 is 0. The van der Waals surface area contributed by atoms with Crippen molar-refractivity contribution in [1.29, 1.82) is 0 Å². The van der Waals surface area contributed by atoms with Crippen LogP contribution >= 0.6 is 0 Å². The van der Waals surface area contributed by atoms with Crippen LogP contribution in [0.15, 0.2) is 53.2 Å². The highest BCUT2D eigenvalue weighted by Crippen LogP contribution is 2.19. The molecule has 0 spiro atoms. The van der Waals surface area contributed by atoms with Gasteiger partial charge in [0.25, 0.3) is 0 Å². The third-order valence-electron chi connectivity index (χ3n) is 2.49. The van der Waals surface area contributed by atoms with E-state index in [9.17, 15) is 0 Å². The lowest BCUT2D eigenvalue weighted by Gasteiger charge is -2.11. The van der Waals surface area contributed by atoms with Crippen LogP contribution in [0.25, 0.3) is 0 Å². The van der Waals surface area contributed by atoms with Crippen LogP contribution in [0.4, 0.5) is 0 Å². The summed E-state index contributed by atoms with van der Waals surface area (Å²) in [5.41, 5.74) is 2.69. The first kappa shape index (κ1) is 13.6. The largest absolute Gasteiger partial charge is 0.273 e. The lowest BCUT2D eigenvalue weighted by Crippen LogP contribution is -1.95. The summed E-state index contributed by atoms with van der Waals surface area (Å²) in [5.74, 6) is 0.437. The molecule has 0 radical (unpaired) electrons. The van der Waals surface area contributed by atoms with Gasteiger partial charge in [-0.2, -0.15) is 0 Å². The predicted molar refractivity (Wildman–Crippen MR) is 70.2 cm³/mol. The maximum atomic E-state index is 3.73. The minimum atomic E-state index is 0.437. The molecule has 0 aromatic heterocycles. The molecule has 0 amide bonds. The number of aliphatic imine (C=N–C) groups is 1. The molecule has 0 heterocycles.